The summed E-state index contributed by atoms with van der Waals surface area (Å²) in [5.74, 6) is 0. The number of nitrogens with zero attached hydrogens (tertiary/aromatic N) is 1. The van der Waals surface area contributed by atoms with E-state index < -0.39 is 0 Å². The van der Waals surface area contributed by atoms with Crippen molar-refractivity contribution in [2.45, 2.75) is 141 Å². The van der Waals surface area contributed by atoms with E-state index in [-0.39, 0.29) is 22.2 Å². The van der Waals surface area contributed by atoms with Crippen LogP contribution in [0.3, 0.4) is 0 Å². The topological polar surface area (TPSA) is 53.3 Å². The molecule has 0 bridgehead atoms. The molecule has 2 rings (SSSR count). The molecular formula is C24H50N4. The molecule has 166 valence electrons. The van der Waals surface area contributed by atoms with E-state index in [4.69, 9.17) is 5.73 Å². The van der Waals surface area contributed by atoms with Crippen molar-refractivity contribution in [3.8, 4) is 0 Å². The maximum Gasteiger partial charge on any atom is 0.0176 e. The standard InChI is InChI=1S/C24H50N4/c1-21(2)17-20(18-22(3,4)27-21)28-23(5,6)15-19(16-24(28,7)8)26-14-12-10-9-11-13-25/h19-20,26-27H,9-18,25H2,1-8H3. The van der Waals surface area contributed by atoms with Gasteiger partial charge in [0.15, 0.2) is 0 Å². The fourth-order valence-electron chi connectivity index (χ4n) is 6.81. The summed E-state index contributed by atoms with van der Waals surface area (Å²) in [6, 6.07) is 1.26. The van der Waals surface area contributed by atoms with E-state index in [1.54, 1.807) is 0 Å². The number of unbranched alkanes of at least 4 members (excludes halogenated alkanes) is 3. The Morgan fingerprint density at radius 2 is 1.29 bits per heavy atom. The summed E-state index contributed by atoms with van der Waals surface area (Å²) in [6.07, 6.45) is 9.95. The van der Waals surface area contributed by atoms with Gasteiger partial charge in [-0.2, -0.15) is 0 Å². The van der Waals surface area contributed by atoms with Gasteiger partial charge in [-0.1, -0.05) is 12.8 Å². The van der Waals surface area contributed by atoms with Crippen molar-refractivity contribution in [1.29, 1.82) is 0 Å². The number of rotatable bonds is 8. The Hall–Kier alpha value is -0.160. The molecule has 2 heterocycles. The third-order valence-corrected chi connectivity index (χ3v) is 6.89. The van der Waals surface area contributed by atoms with Gasteiger partial charge in [-0.3, -0.25) is 4.90 Å². The fourth-order valence-corrected chi connectivity index (χ4v) is 6.81. The van der Waals surface area contributed by atoms with Gasteiger partial charge in [0.25, 0.3) is 0 Å². The van der Waals surface area contributed by atoms with Crippen molar-refractivity contribution >= 4 is 0 Å². The Bertz CT molecular complexity index is 461. The first-order valence-corrected chi connectivity index (χ1v) is 11.8. The highest BCUT2D eigenvalue weighted by Gasteiger charge is 2.51. The van der Waals surface area contributed by atoms with Gasteiger partial charge in [0.2, 0.25) is 0 Å². The largest absolute Gasteiger partial charge is 0.330 e. The molecule has 4 heteroatoms. The minimum absolute atomic E-state index is 0.192. The summed E-state index contributed by atoms with van der Waals surface area (Å²) < 4.78 is 0. The number of nitrogens with one attached hydrogen (secondary N) is 2. The molecular weight excluding hydrogens is 344 g/mol. The van der Waals surface area contributed by atoms with Gasteiger partial charge in [0, 0.05) is 34.2 Å². The Labute approximate surface area is 175 Å². The van der Waals surface area contributed by atoms with Crippen molar-refractivity contribution < 1.29 is 0 Å². The molecule has 0 amide bonds. The lowest BCUT2D eigenvalue weighted by Crippen LogP contribution is -2.71. The zero-order chi connectivity index (χ0) is 21.2. The molecule has 4 nitrogen and oxygen atoms in total. The van der Waals surface area contributed by atoms with Crippen molar-refractivity contribution in [3.05, 3.63) is 0 Å². The van der Waals surface area contributed by atoms with Crippen molar-refractivity contribution in [2.75, 3.05) is 13.1 Å². The van der Waals surface area contributed by atoms with Gasteiger partial charge < -0.3 is 16.4 Å². The van der Waals surface area contributed by atoms with E-state index in [1.165, 1.54) is 51.4 Å². The predicted molar refractivity (Wildman–Crippen MR) is 123 cm³/mol. The molecule has 0 saturated carbocycles. The highest BCUT2D eigenvalue weighted by atomic mass is 15.3. The van der Waals surface area contributed by atoms with Gasteiger partial charge in [-0.25, -0.2) is 0 Å². The molecule has 0 atom stereocenters. The average Bonchev–Trinajstić information content (AvgIpc) is 2.44. The van der Waals surface area contributed by atoms with Crippen LogP contribution >= 0.6 is 0 Å². The second-order valence-electron chi connectivity index (χ2n) is 12.2. The molecule has 2 fully saturated rings. The summed E-state index contributed by atoms with van der Waals surface area (Å²) in [5.41, 5.74) is 6.42. The molecule has 2 aliphatic rings. The number of piperidine rings is 2. The SMILES string of the molecule is CC1(C)CC(N2C(C)(C)CC(NCCCCCCN)CC2(C)C)CC(C)(C)N1. The third kappa shape index (κ3) is 6.42. The molecule has 4 N–H and O–H groups in total. The van der Waals surface area contributed by atoms with Gasteiger partial charge in [-0.15, -0.1) is 0 Å². The smallest absolute Gasteiger partial charge is 0.0176 e. The zero-order valence-corrected chi connectivity index (χ0v) is 20.3. The lowest BCUT2D eigenvalue weighted by Gasteiger charge is -2.62. The lowest BCUT2D eigenvalue weighted by molar-refractivity contribution is -0.0975. The van der Waals surface area contributed by atoms with Crippen LogP contribution in [0.1, 0.15) is 107 Å². The van der Waals surface area contributed by atoms with Crippen LogP contribution in [0.25, 0.3) is 0 Å². The third-order valence-electron chi connectivity index (χ3n) is 6.89. The molecule has 0 aromatic rings. The molecule has 2 saturated heterocycles. The fraction of sp³-hybridized carbons (Fsp3) is 1.00. The second kappa shape index (κ2) is 8.91. The van der Waals surface area contributed by atoms with Crippen molar-refractivity contribution in [1.82, 2.24) is 15.5 Å². The molecule has 0 aliphatic carbocycles. The Morgan fingerprint density at radius 1 is 0.786 bits per heavy atom. The summed E-state index contributed by atoms with van der Waals surface area (Å²) in [7, 11) is 0. The molecule has 0 spiro atoms. The number of nitrogens with two attached hydrogens (primary N) is 1. The van der Waals surface area contributed by atoms with Gasteiger partial charge in [0.1, 0.15) is 0 Å². The maximum absolute atomic E-state index is 5.60. The summed E-state index contributed by atoms with van der Waals surface area (Å²) in [4.78, 5) is 2.89. The monoisotopic (exact) mass is 394 g/mol. The molecule has 0 unspecified atom stereocenters. The van der Waals surface area contributed by atoms with Crippen LogP contribution in [-0.2, 0) is 0 Å². The molecule has 0 radical (unpaired) electrons. The number of likely N-dealkylation sites (tertiary alicyclic amines) is 1. The van der Waals surface area contributed by atoms with Crippen LogP contribution in [0.4, 0.5) is 0 Å². The predicted octanol–water partition coefficient (Wildman–Crippen LogP) is 4.43. The van der Waals surface area contributed by atoms with Crippen molar-refractivity contribution in [3.63, 3.8) is 0 Å². The second-order valence-corrected chi connectivity index (χ2v) is 12.2. The Morgan fingerprint density at radius 3 is 1.79 bits per heavy atom. The van der Waals surface area contributed by atoms with E-state index in [2.05, 4.69) is 70.9 Å². The molecule has 2 aliphatic heterocycles. The average molecular weight is 395 g/mol. The zero-order valence-electron chi connectivity index (χ0n) is 20.3. The van der Waals surface area contributed by atoms with Crippen LogP contribution in [0, 0.1) is 0 Å². The summed E-state index contributed by atoms with van der Waals surface area (Å²) >= 11 is 0. The Balaban J connectivity index is 2.02. The quantitative estimate of drug-likeness (QED) is 0.533. The minimum Gasteiger partial charge on any atom is -0.330 e. The van der Waals surface area contributed by atoms with E-state index in [1.807, 2.05) is 0 Å². The highest BCUT2D eigenvalue weighted by molar-refractivity contribution is 5.09. The summed E-state index contributed by atoms with van der Waals surface area (Å²) in [5, 5.41) is 7.76. The minimum atomic E-state index is 0.192. The Kier molecular flexibility index (Phi) is 7.68. The van der Waals surface area contributed by atoms with Gasteiger partial charge >= 0.3 is 0 Å². The van der Waals surface area contributed by atoms with Crippen LogP contribution in [0.5, 0.6) is 0 Å². The highest BCUT2D eigenvalue weighted by Crippen LogP contribution is 2.44. The van der Waals surface area contributed by atoms with Crippen LogP contribution in [-0.4, -0.2) is 52.2 Å². The van der Waals surface area contributed by atoms with Gasteiger partial charge in [-0.05, 0) is 107 Å². The van der Waals surface area contributed by atoms with E-state index in [0.29, 0.717) is 12.1 Å². The van der Waals surface area contributed by atoms with Crippen LogP contribution in [0.2, 0.25) is 0 Å². The van der Waals surface area contributed by atoms with E-state index >= 15 is 0 Å². The van der Waals surface area contributed by atoms with E-state index in [9.17, 15) is 0 Å². The summed E-state index contributed by atoms with van der Waals surface area (Å²) in [6.45, 7) is 21.4. The van der Waals surface area contributed by atoms with Crippen LogP contribution < -0.4 is 16.4 Å². The maximum atomic E-state index is 5.60. The first kappa shape index (κ1) is 24.1. The lowest BCUT2D eigenvalue weighted by atomic mass is 9.71. The van der Waals surface area contributed by atoms with E-state index in [0.717, 1.165) is 13.1 Å². The molecule has 0 aromatic carbocycles. The first-order valence-electron chi connectivity index (χ1n) is 11.8. The molecule has 0 aromatic heterocycles. The van der Waals surface area contributed by atoms with Gasteiger partial charge in [0.05, 0.1) is 0 Å². The number of hydrogen-bond acceptors (Lipinski definition) is 4. The normalized spacial score (nSPS) is 27.8. The number of hydrogen-bond donors (Lipinski definition) is 3. The van der Waals surface area contributed by atoms with Crippen LogP contribution in [0.15, 0.2) is 0 Å². The van der Waals surface area contributed by atoms with Crippen molar-refractivity contribution in [2.24, 2.45) is 5.73 Å². The first-order chi connectivity index (χ1) is 12.8. The molecule has 28 heavy (non-hydrogen) atoms.